The lowest BCUT2D eigenvalue weighted by molar-refractivity contribution is 0.191. The van der Waals surface area contributed by atoms with Crippen LogP contribution in [0.3, 0.4) is 0 Å². The summed E-state index contributed by atoms with van der Waals surface area (Å²) in [4.78, 5) is 4.83. The Kier molecular flexibility index (Phi) is 7.42. The molecule has 0 spiro atoms. The SMILES string of the molecule is COc1c(CNC[C@@H](C)O)cc(Cl)c2nc(-c3cccc(-c4ccccc4Cl)c3Cl)ccc12. The normalized spacial score (nSPS) is 12.2. The molecule has 7 heteroatoms. The summed E-state index contributed by atoms with van der Waals surface area (Å²) in [6, 6.07) is 19.1. The van der Waals surface area contributed by atoms with Gasteiger partial charge in [0.2, 0.25) is 0 Å². The highest BCUT2D eigenvalue weighted by Gasteiger charge is 2.17. The van der Waals surface area contributed by atoms with E-state index < -0.39 is 6.10 Å². The predicted molar refractivity (Wildman–Crippen MR) is 138 cm³/mol. The van der Waals surface area contributed by atoms with Crippen molar-refractivity contribution in [2.75, 3.05) is 13.7 Å². The lowest BCUT2D eigenvalue weighted by Crippen LogP contribution is -2.24. The molecule has 0 radical (unpaired) electrons. The number of nitrogens with one attached hydrogen (secondary N) is 1. The minimum atomic E-state index is -0.442. The van der Waals surface area contributed by atoms with Crippen LogP contribution in [0.15, 0.2) is 60.7 Å². The molecular weight excluding hydrogens is 479 g/mol. The summed E-state index contributed by atoms with van der Waals surface area (Å²) in [6.45, 7) is 2.71. The van der Waals surface area contributed by atoms with Crippen molar-refractivity contribution in [1.29, 1.82) is 0 Å². The third kappa shape index (κ3) is 4.96. The molecule has 0 saturated heterocycles. The maximum Gasteiger partial charge on any atom is 0.132 e. The van der Waals surface area contributed by atoms with E-state index in [0.29, 0.717) is 45.1 Å². The van der Waals surface area contributed by atoms with Gasteiger partial charge in [-0.2, -0.15) is 0 Å². The number of fused-ring (bicyclic) bond motifs is 1. The van der Waals surface area contributed by atoms with Crippen molar-refractivity contribution in [1.82, 2.24) is 10.3 Å². The Balaban J connectivity index is 1.79. The van der Waals surface area contributed by atoms with Crippen LogP contribution in [0.2, 0.25) is 15.1 Å². The molecule has 0 saturated carbocycles. The molecule has 1 atom stereocenters. The molecule has 1 heterocycles. The highest BCUT2D eigenvalue weighted by atomic mass is 35.5. The van der Waals surface area contributed by atoms with Gasteiger partial charge in [0.15, 0.2) is 0 Å². The molecule has 0 unspecified atom stereocenters. The first kappa shape index (κ1) is 23.8. The minimum Gasteiger partial charge on any atom is -0.496 e. The maximum absolute atomic E-state index is 9.50. The molecule has 1 aromatic heterocycles. The number of pyridine rings is 1. The van der Waals surface area contributed by atoms with E-state index in [2.05, 4.69) is 5.32 Å². The highest BCUT2D eigenvalue weighted by Crippen LogP contribution is 2.40. The van der Waals surface area contributed by atoms with E-state index >= 15 is 0 Å². The first-order chi connectivity index (χ1) is 15.9. The van der Waals surface area contributed by atoms with Crippen LogP contribution in [-0.4, -0.2) is 29.8 Å². The third-order valence-electron chi connectivity index (χ3n) is 5.36. The average molecular weight is 502 g/mol. The van der Waals surface area contributed by atoms with Gasteiger partial charge in [0.1, 0.15) is 5.75 Å². The second-order valence-corrected chi connectivity index (χ2v) is 8.96. The van der Waals surface area contributed by atoms with Crippen LogP contribution in [0.1, 0.15) is 12.5 Å². The summed E-state index contributed by atoms with van der Waals surface area (Å²) >= 11 is 19.9. The van der Waals surface area contributed by atoms with E-state index in [1.165, 1.54) is 0 Å². The lowest BCUT2D eigenvalue weighted by atomic mass is 10.0. The second kappa shape index (κ2) is 10.3. The Morgan fingerprint density at radius 1 is 0.939 bits per heavy atom. The second-order valence-electron chi connectivity index (χ2n) is 7.77. The Morgan fingerprint density at radius 3 is 2.39 bits per heavy atom. The Morgan fingerprint density at radius 2 is 1.67 bits per heavy atom. The Labute approximate surface area is 208 Å². The first-order valence-corrected chi connectivity index (χ1v) is 11.6. The number of nitrogens with zero attached hydrogens (tertiary/aromatic N) is 1. The molecule has 0 aliphatic carbocycles. The average Bonchev–Trinajstić information content (AvgIpc) is 2.80. The molecular formula is C26H23Cl3N2O2. The van der Waals surface area contributed by atoms with Crippen LogP contribution in [0.25, 0.3) is 33.3 Å². The van der Waals surface area contributed by atoms with Gasteiger partial charge >= 0.3 is 0 Å². The molecule has 0 amide bonds. The van der Waals surface area contributed by atoms with E-state index in [-0.39, 0.29) is 0 Å². The van der Waals surface area contributed by atoms with Crippen molar-refractivity contribution < 1.29 is 9.84 Å². The van der Waals surface area contributed by atoms with Gasteiger partial charge in [-0.05, 0) is 31.2 Å². The summed E-state index contributed by atoms with van der Waals surface area (Å²) < 4.78 is 5.69. The van der Waals surface area contributed by atoms with E-state index in [1.807, 2.05) is 60.7 Å². The maximum atomic E-state index is 9.50. The molecule has 4 aromatic rings. The predicted octanol–water partition coefficient (Wildman–Crippen LogP) is 7.01. The van der Waals surface area contributed by atoms with Gasteiger partial charge in [-0.3, -0.25) is 0 Å². The van der Waals surface area contributed by atoms with Gasteiger partial charge in [0.25, 0.3) is 0 Å². The van der Waals surface area contributed by atoms with Gasteiger partial charge in [-0.15, -0.1) is 0 Å². The van der Waals surface area contributed by atoms with Crippen LogP contribution in [-0.2, 0) is 6.54 Å². The number of methoxy groups -OCH3 is 1. The zero-order chi connectivity index (χ0) is 23.5. The topological polar surface area (TPSA) is 54.4 Å². The fourth-order valence-electron chi connectivity index (χ4n) is 3.84. The summed E-state index contributed by atoms with van der Waals surface area (Å²) in [5, 5.41) is 15.2. The number of aliphatic hydroxyl groups is 1. The number of halogens is 3. The molecule has 33 heavy (non-hydrogen) atoms. The largest absolute Gasteiger partial charge is 0.496 e. The molecule has 2 N–H and O–H groups in total. The number of hydrogen-bond donors (Lipinski definition) is 2. The van der Waals surface area contributed by atoms with Gasteiger partial charge in [-0.1, -0.05) is 71.2 Å². The Bertz CT molecular complexity index is 1310. The Hall–Kier alpha value is -2.34. The highest BCUT2D eigenvalue weighted by molar-refractivity contribution is 6.38. The molecule has 0 aliphatic rings. The van der Waals surface area contributed by atoms with Crippen LogP contribution in [0.5, 0.6) is 5.75 Å². The summed E-state index contributed by atoms with van der Waals surface area (Å²) in [5.74, 6) is 0.697. The standard InChI is InChI=1S/C26H23Cl3N2O2/c1-15(32)13-30-14-16-12-22(28)25-20(26(16)33-2)10-11-23(31-25)19-8-5-7-18(24(19)29)17-6-3-4-9-21(17)27/h3-12,15,30,32H,13-14H2,1-2H3/t15-/m1/s1. The summed E-state index contributed by atoms with van der Waals surface area (Å²) in [6.07, 6.45) is -0.442. The summed E-state index contributed by atoms with van der Waals surface area (Å²) in [7, 11) is 1.62. The van der Waals surface area contributed by atoms with E-state index in [1.54, 1.807) is 14.0 Å². The number of hydrogen-bond acceptors (Lipinski definition) is 4. The van der Waals surface area contributed by atoms with Crippen LogP contribution >= 0.6 is 34.8 Å². The fourth-order valence-corrected chi connectivity index (χ4v) is 4.68. The monoisotopic (exact) mass is 500 g/mol. The van der Waals surface area contributed by atoms with Crippen molar-refractivity contribution in [2.24, 2.45) is 0 Å². The molecule has 0 aliphatic heterocycles. The van der Waals surface area contributed by atoms with Gasteiger partial charge in [0.05, 0.1) is 34.5 Å². The van der Waals surface area contributed by atoms with E-state index in [9.17, 15) is 5.11 Å². The molecule has 3 aromatic carbocycles. The summed E-state index contributed by atoms with van der Waals surface area (Å²) in [5.41, 5.74) is 4.71. The van der Waals surface area contributed by atoms with Crippen LogP contribution in [0, 0.1) is 0 Å². The zero-order valence-electron chi connectivity index (χ0n) is 18.2. The van der Waals surface area contributed by atoms with Gasteiger partial charge in [-0.25, -0.2) is 4.98 Å². The van der Waals surface area contributed by atoms with Crippen LogP contribution in [0.4, 0.5) is 0 Å². The quantitative estimate of drug-likeness (QED) is 0.286. The first-order valence-electron chi connectivity index (χ1n) is 10.5. The van der Waals surface area contributed by atoms with Crippen molar-refractivity contribution in [3.8, 4) is 28.1 Å². The lowest BCUT2D eigenvalue weighted by Gasteiger charge is -2.16. The van der Waals surface area contributed by atoms with Crippen molar-refractivity contribution in [2.45, 2.75) is 19.6 Å². The molecule has 0 fully saturated rings. The van der Waals surface area contributed by atoms with Crippen LogP contribution < -0.4 is 10.1 Å². The van der Waals surface area contributed by atoms with E-state index in [4.69, 9.17) is 44.5 Å². The number of benzene rings is 3. The number of aromatic nitrogens is 1. The smallest absolute Gasteiger partial charge is 0.132 e. The number of rotatable bonds is 7. The van der Waals surface area contributed by atoms with Crippen molar-refractivity contribution >= 4 is 45.7 Å². The molecule has 4 rings (SSSR count). The third-order valence-corrected chi connectivity index (χ3v) is 6.38. The zero-order valence-corrected chi connectivity index (χ0v) is 20.5. The van der Waals surface area contributed by atoms with Gasteiger partial charge < -0.3 is 15.2 Å². The number of aliphatic hydroxyl groups excluding tert-OH is 1. The van der Waals surface area contributed by atoms with E-state index in [0.717, 1.165) is 27.6 Å². The van der Waals surface area contributed by atoms with Crippen molar-refractivity contribution in [3.05, 3.63) is 81.3 Å². The number of ether oxygens (including phenoxy) is 1. The van der Waals surface area contributed by atoms with Gasteiger partial charge in [0, 0.05) is 45.8 Å². The molecule has 0 bridgehead atoms. The minimum absolute atomic E-state index is 0.442. The molecule has 170 valence electrons. The molecule has 4 nitrogen and oxygen atoms in total. The fraction of sp³-hybridized carbons (Fsp3) is 0.192. The van der Waals surface area contributed by atoms with Crippen molar-refractivity contribution in [3.63, 3.8) is 0 Å².